The Morgan fingerprint density at radius 2 is 1.44 bits per heavy atom. The second-order valence-corrected chi connectivity index (χ2v) is 9.78. The minimum Gasteiger partial charge on any atom is -0.379 e. The molecule has 2 aliphatic heterocycles. The fraction of sp³-hybridized carbons (Fsp3) is 0.440. The number of ether oxygens (including phenoxy) is 1. The van der Waals surface area contributed by atoms with Gasteiger partial charge in [-0.25, -0.2) is 8.78 Å². The number of thiocarbonyl (C=S) groups is 2. The highest BCUT2D eigenvalue weighted by Crippen LogP contribution is 2.20. The average Bonchev–Trinajstić information content (AvgIpc) is 3.37. The third-order valence-corrected chi connectivity index (χ3v) is 6.60. The second-order valence-electron chi connectivity index (χ2n) is 7.32. The number of benzene rings is 2. The first-order valence-corrected chi connectivity index (χ1v) is 13.7. The van der Waals surface area contributed by atoms with Crippen molar-refractivity contribution >= 4 is 66.7 Å². The van der Waals surface area contributed by atoms with E-state index in [4.69, 9.17) is 17.0 Å². The molecule has 2 heterocycles. The molecule has 188 valence electrons. The van der Waals surface area contributed by atoms with Gasteiger partial charge in [0.1, 0.15) is 16.6 Å². The van der Waals surface area contributed by atoms with E-state index in [1.807, 2.05) is 19.9 Å². The van der Waals surface area contributed by atoms with E-state index in [1.165, 1.54) is 17.5 Å². The van der Waals surface area contributed by atoms with E-state index < -0.39 is 0 Å². The van der Waals surface area contributed by atoms with Crippen LogP contribution in [0.2, 0.25) is 0 Å². The lowest BCUT2D eigenvalue weighted by Crippen LogP contribution is -2.32. The predicted octanol–water partition coefficient (Wildman–Crippen LogP) is 7.27. The topological polar surface area (TPSA) is 15.7 Å². The standard InChI is InChI=1S/C11H11BrFNS.C7H4BrFS.C5H11NO.C2H6/c12-8-3-4-9(10(13)7-8)11(15)14-5-1-2-6-14;8-6-2-1-5(4-10)7(9)3-6;1-6-2-4-7-5-3-6;1-2/h3-4,7H,1-2,5-6H2;1-4H;2-5H2,1H3;1-2H3. The molecule has 0 N–H and O–H groups in total. The van der Waals surface area contributed by atoms with Crippen molar-refractivity contribution in [3.63, 3.8) is 0 Å². The molecule has 0 bridgehead atoms. The zero-order valence-corrected chi connectivity index (χ0v) is 24.6. The number of likely N-dealkylation sites (tertiary alicyclic amines) is 1. The molecular formula is C25H32Br2F2N2OS2. The third-order valence-electron chi connectivity index (χ3n) is 4.88. The van der Waals surface area contributed by atoms with Crippen LogP contribution in [0.1, 0.15) is 37.8 Å². The molecule has 0 aromatic heterocycles. The molecule has 2 aliphatic rings. The van der Waals surface area contributed by atoms with E-state index in [1.54, 1.807) is 18.2 Å². The van der Waals surface area contributed by atoms with Crippen molar-refractivity contribution in [1.29, 1.82) is 0 Å². The lowest BCUT2D eigenvalue weighted by Gasteiger charge is -2.21. The normalized spacial score (nSPS) is 15.1. The van der Waals surface area contributed by atoms with Crippen molar-refractivity contribution in [3.05, 3.63) is 68.1 Å². The fourth-order valence-corrected chi connectivity index (χ4v) is 4.21. The molecule has 9 heteroatoms. The fourth-order valence-electron chi connectivity index (χ4n) is 3.01. The van der Waals surface area contributed by atoms with Crippen molar-refractivity contribution in [3.8, 4) is 0 Å². The van der Waals surface area contributed by atoms with Gasteiger partial charge in [-0.3, -0.25) is 0 Å². The summed E-state index contributed by atoms with van der Waals surface area (Å²) in [6.45, 7) is 9.93. The molecule has 34 heavy (non-hydrogen) atoms. The van der Waals surface area contributed by atoms with Gasteiger partial charge in [-0.1, -0.05) is 76.2 Å². The Hall–Kier alpha value is -0.840. The van der Waals surface area contributed by atoms with Gasteiger partial charge in [0.25, 0.3) is 0 Å². The van der Waals surface area contributed by atoms with Gasteiger partial charge < -0.3 is 14.5 Å². The number of hydrogen-bond acceptors (Lipinski definition) is 4. The van der Waals surface area contributed by atoms with Crippen molar-refractivity contribution in [2.75, 3.05) is 46.4 Å². The van der Waals surface area contributed by atoms with Gasteiger partial charge in [0, 0.05) is 51.6 Å². The van der Waals surface area contributed by atoms with Crippen LogP contribution in [0.5, 0.6) is 0 Å². The van der Waals surface area contributed by atoms with Gasteiger partial charge in [0.2, 0.25) is 0 Å². The third kappa shape index (κ3) is 11.3. The first kappa shape index (κ1) is 31.2. The minimum atomic E-state index is -0.288. The largest absolute Gasteiger partial charge is 0.379 e. The van der Waals surface area contributed by atoms with E-state index in [0.29, 0.717) is 16.1 Å². The molecule has 4 rings (SSSR count). The highest BCUT2D eigenvalue weighted by molar-refractivity contribution is 9.10. The smallest absolute Gasteiger partial charge is 0.134 e. The summed E-state index contributed by atoms with van der Waals surface area (Å²) in [7, 11) is 2.11. The molecule has 0 aliphatic carbocycles. The summed E-state index contributed by atoms with van der Waals surface area (Å²) < 4.78 is 32.9. The Labute approximate surface area is 230 Å². The van der Waals surface area contributed by atoms with Crippen LogP contribution in [0.3, 0.4) is 0 Å². The zero-order valence-electron chi connectivity index (χ0n) is 19.8. The average molecular weight is 638 g/mol. The predicted molar refractivity (Wildman–Crippen MR) is 153 cm³/mol. The monoisotopic (exact) mass is 636 g/mol. The van der Waals surface area contributed by atoms with E-state index >= 15 is 0 Å². The maximum atomic E-state index is 13.6. The molecule has 0 amide bonds. The van der Waals surface area contributed by atoms with Crippen LogP contribution >= 0.6 is 56.3 Å². The zero-order chi connectivity index (χ0) is 25.5. The summed E-state index contributed by atoms with van der Waals surface area (Å²) in [6, 6.07) is 9.78. The van der Waals surface area contributed by atoms with Crippen molar-refractivity contribution < 1.29 is 13.5 Å². The van der Waals surface area contributed by atoms with Gasteiger partial charge in [-0.05, 0) is 50.2 Å². The molecule has 2 aromatic carbocycles. The maximum Gasteiger partial charge on any atom is 0.134 e. The number of halogens is 4. The Morgan fingerprint density at radius 1 is 0.912 bits per heavy atom. The summed E-state index contributed by atoms with van der Waals surface area (Å²) in [5.41, 5.74) is 0.994. The molecule has 2 saturated heterocycles. The van der Waals surface area contributed by atoms with Crippen LogP contribution in [0.15, 0.2) is 45.3 Å². The van der Waals surface area contributed by atoms with Crippen LogP contribution in [0, 0.1) is 11.6 Å². The molecule has 0 radical (unpaired) electrons. The summed E-state index contributed by atoms with van der Waals surface area (Å²) in [5.74, 6) is -0.536. The Morgan fingerprint density at radius 3 is 1.88 bits per heavy atom. The SMILES string of the molecule is CC.CN1CCOCC1.Fc1cc(Br)ccc1C(=S)N1CCCC1.Fc1cc(Br)ccc1C=S. The van der Waals surface area contributed by atoms with Crippen LogP contribution in [-0.2, 0) is 4.74 Å². The summed E-state index contributed by atoms with van der Waals surface area (Å²) in [6.07, 6.45) is 2.30. The lowest BCUT2D eigenvalue weighted by atomic mass is 10.2. The first-order chi connectivity index (χ1) is 16.3. The molecule has 2 fully saturated rings. The number of nitrogens with zero attached hydrogens (tertiary/aromatic N) is 2. The van der Waals surface area contributed by atoms with Gasteiger partial charge >= 0.3 is 0 Å². The Bertz CT molecular complexity index is 906. The molecule has 3 nitrogen and oxygen atoms in total. The lowest BCUT2D eigenvalue weighted by molar-refractivity contribution is 0.0503. The van der Waals surface area contributed by atoms with E-state index in [9.17, 15) is 8.78 Å². The van der Waals surface area contributed by atoms with E-state index in [2.05, 4.69) is 60.9 Å². The summed E-state index contributed by atoms with van der Waals surface area (Å²) in [5, 5.41) is 1.32. The van der Waals surface area contributed by atoms with Gasteiger partial charge in [0.05, 0.1) is 13.2 Å². The molecule has 0 spiro atoms. The molecule has 0 atom stereocenters. The highest BCUT2D eigenvalue weighted by Gasteiger charge is 2.18. The molecule has 2 aromatic rings. The van der Waals surface area contributed by atoms with Crippen LogP contribution in [-0.4, -0.2) is 66.6 Å². The van der Waals surface area contributed by atoms with E-state index in [0.717, 1.165) is 61.2 Å². The summed E-state index contributed by atoms with van der Waals surface area (Å²) in [4.78, 5) is 4.98. The Kier molecular flexibility index (Phi) is 16.1. The van der Waals surface area contributed by atoms with Crippen LogP contribution in [0.25, 0.3) is 0 Å². The molecular weight excluding hydrogens is 606 g/mol. The number of hydrogen-bond donors (Lipinski definition) is 0. The van der Waals surface area contributed by atoms with Crippen LogP contribution < -0.4 is 0 Å². The summed E-state index contributed by atoms with van der Waals surface area (Å²) >= 11 is 16.2. The Balaban J connectivity index is 0.000000263. The van der Waals surface area contributed by atoms with Crippen LogP contribution in [0.4, 0.5) is 8.78 Å². The number of likely N-dealkylation sites (N-methyl/N-ethyl adjacent to an activating group) is 1. The van der Waals surface area contributed by atoms with E-state index in [-0.39, 0.29) is 11.6 Å². The molecule has 0 saturated carbocycles. The van der Waals surface area contributed by atoms with Crippen molar-refractivity contribution in [2.45, 2.75) is 26.7 Å². The molecule has 0 unspecified atom stereocenters. The maximum absolute atomic E-state index is 13.6. The second kappa shape index (κ2) is 17.6. The van der Waals surface area contributed by atoms with Crippen molar-refractivity contribution in [2.24, 2.45) is 0 Å². The van der Waals surface area contributed by atoms with Gasteiger partial charge in [-0.2, -0.15) is 0 Å². The van der Waals surface area contributed by atoms with Crippen molar-refractivity contribution in [1.82, 2.24) is 9.80 Å². The number of morpholine rings is 1. The van der Waals surface area contributed by atoms with Gasteiger partial charge in [-0.15, -0.1) is 0 Å². The highest BCUT2D eigenvalue weighted by atomic mass is 79.9. The quantitative estimate of drug-likeness (QED) is 0.321. The number of rotatable bonds is 2. The first-order valence-electron chi connectivity index (χ1n) is 11.2. The van der Waals surface area contributed by atoms with Gasteiger partial charge in [0.15, 0.2) is 0 Å². The minimum absolute atomic E-state index is 0.249.